The second-order valence-corrected chi connectivity index (χ2v) is 9.23. The molecule has 2 aromatic rings. The summed E-state index contributed by atoms with van der Waals surface area (Å²) in [6, 6.07) is 8.44. The SMILES string of the molecule is CCCc1c(C(=O)N2C[C@H]3CNC[C@H]3C2)nnn1-c1ccc(C(C)(C)C)cc1. The van der Waals surface area contributed by atoms with Crippen molar-refractivity contribution in [1.82, 2.24) is 25.2 Å². The topological polar surface area (TPSA) is 63.1 Å². The van der Waals surface area contributed by atoms with Crippen LogP contribution in [-0.4, -0.2) is 52.0 Å². The molecule has 1 N–H and O–H groups in total. The van der Waals surface area contributed by atoms with Gasteiger partial charge in [0.25, 0.3) is 5.91 Å². The van der Waals surface area contributed by atoms with Gasteiger partial charge in [0.15, 0.2) is 5.69 Å². The Morgan fingerprint density at radius 1 is 1.14 bits per heavy atom. The molecule has 2 fully saturated rings. The molecule has 150 valence electrons. The maximum atomic E-state index is 13.2. The van der Waals surface area contributed by atoms with Gasteiger partial charge in [-0.25, -0.2) is 4.68 Å². The van der Waals surface area contributed by atoms with Gasteiger partial charge in [-0.05, 0) is 41.4 Å². The smallest absolute Gasteiger partial charge is 0.276 e. The van der Waals surface area contributed by atoms with E-state index in [9.17, 15) is 4.79 Å². The highest BCUT2D eigenvalue weighted by Gasteiger charge is 2.39. The second kappa shape index (κ2) is 7.32. The number of hydrogen-bond donors (Lipinski definition) is 1. The third-order valence-electron chi connectivity index (χ3n) is 6.11. The van der Waals surface area contributed by atoms with Gasteiger partial charge >= 0.3 is 0 Å². The van der Waals surface area contributed by atoms with E-state index in [2.05, 4.69) is 67.6 Å². The van der Waals surface area contributed by atoms with E-state index in [1.807, 2.05) is 9.58 Å². The first-order chi connectivity index (χ1) is 13.4. The van der Waals surface area contributed by atoms with E-state index in [0.717, 1.165) is 50.4 Å². The van der Waals surface area contributed by atoms with Crippen LogP contribution in [0.4, 0.5) is 0 Å². The third kappa shape index (κ3) is 3.46. The number of likely N-dealkylation sites (tertiary alicyclic amines) is 1. The van der Waals surface area contributed by atoms with Crippen molar-refractivity contribution in [1.29, 1.82) is 0 Å². The maximum Gasteiger partial charge on any atom is 0.276 e. The summed E-state index contributed by atoms with van der Waals surface area (Å²) in [5.41, 5.74) is 3.80. The molecule has 2 atom stereocenters. The first kappa shape index (κ1) is 19.1. The lowest BCUT2D eigenvalue weighted by atomic mass is 9.87. The van der Waals surface area contributed by atoms with Crippen molar-refractivity contribution in [2.24, 2.45) is 11.8 Å². The zero-order valence-corrected chi connectivity index (χ0v) is 17.4. The van der Waals surface area contributed by atoms with E-state index in [-0.39, 0.29) is 11.3 Å². The van der Waals surface area contributed by atoms with Gasteiger partial charge in [-0.15, -0.1) is 5.10 Å². The number of benzene rings is 1. The average Bonchev–Trinajstić information content (AvgIpc) is 3.35. The highest BCUT2D eigenvalue weighted by molar-refractivity contribution is 5.93. The molecule has 2 aliphatic heterocycles. The molecular formula is C22H31N5O. The Kier molecular flexibility index (Phi) is 5.00. The first-order valence-corrected chi connectivity index (χ1v) is 10.4. The monoisotopic (exact) mass is 381 g/mol. The van der Waals surface area contributed by atoms with Crippen LogP contribution in [0.1, 0.15) is 55.9 Å². The molecule has 4 rings (SSSR count). The van der Waals surface area contributed by atoms with E-state index in [1.54, 1.807) is 0 Å². The largest absolute Gasteiger partial charge is 0.337 e. The molecule has 0 radical (unpaired) electrons. The van der Waals surface area contributed by atoms with Crippen LogP contribution < -0.4 is 5.32 Å². The molecule has 6 nitrogen and oxygen atoms in total. The number of amides is 1. The van der Waals surface area contributed by atoms with Crippen LogP contribution >= 0.6 is 0 Å². The molecule has 2 saturated heterocycles. The summed E-state index contributed by atoms with van der Waals surface area (Å²) in [7, 11) is 0. The number of carbonyl (C=O) groups excluding carboxylic acids is 1. The van der Waals surface area contributed by atoms with Crippen LogP contribution in [-0.2, 0) is 11.8 Å². The molecule has 1 aromatic heterocycles. The summed E-state index contributed by atoms with van der Waals surface area (Å²) in [6.45, 7) is 12.4. The van der Waals surface area contributed by atoms with Gasteiger partial charge in [0.1, 0.15) is 0 Å². The summed E-state index contributed by atoms with van der Waals surface area (Å²) in [4.78, 5) is 15.2. The molecule has 6 heteroatoms. The average molecular weight is 382 g/mol. The maximum absolute atomic E-state index is 13.2. The minimum Gasteiger partial charge on any atom is -0.337 e. The fourth-order valence-electron chi connectivity index (χ4n) is 4.41. The van der Waals surface area contributed by atoms with Gasteiger partial charge in [0, 0.05) is 26.2 Å². The Morgan fingerprint density at radius 2 is 1.79 bits per heavy atom. The molecule has 0 spiro atoms. The summed E-state index contributed by atoms with van der Waals surface area (Å²) in [5, 5.41) is 12.1. The summed E-state index contributed by atoms with van der Waals surface area (Å²) >= 11 is 0. The van der Waals surface area contributed by atoms with Crippen LogP contribution in [0.2, 0.25) is 0 Å². The van der Waals surface area contributed by atoms with Gasteiger partial charge in [-0.2, -0.15) is 0 Å². The van der Waals surface area contributed by atoms with Crippen LogP contribution in [0.5, 0.6) is 0 Å². The van der Waals surface area contributed by atoms with Crippen LogP contribution in [0, 0.1) is 11.8 Å². The molecule has 0 unspecified atom stereocenters. The van der Waals surface area contributed by atoms with Crippen molar-refractivity contribution in [3.63, 3.8) is 0 Å². The van der Waals surface area contributed by atoms with Gasteiger partial charge in [0.2, 0.25) is 0 Å². The van der Waals surface area contributed by atoms with Crippen molar-refractivity contribution < 1.29 is 4.79 Å². The van der Waals surface area contributed by atoms with Gasteiger partial charge in [-0.1, -0.05) is 51.5 Å². The quantitative estimate of drug-likeness (QED) is 0.885. The molecule has 1 aromatic carbocycles. The summed E-state index contributed by atoms with van der Waals surface area (Å²) in [6.07, 6.45) is 1.74. The standard InChI is InChI=1S/C22H31N5O/c1-5-6-19-20(21(28)26-13-15-11-23-12-16(15)14-26)24-25-27(19)18-9-7-17(8-10-18)22(2,3)4/h7-10,15-16,23H,5-6,11-14H2,1-4H3/t15-,16+. The molecule has 1 amide bonds. The Bertz CT molecular complexity index is 837. The number of nitrogens with one attached hydrogen (secondary N) is 1. The Hall–Kier alpha value is -2.21. The summed E-state index contributed by atoms with van der Waals surface area (Å²) < 4.78 is 1.85. The lowest BCUT2D eigenvalue weighted by Gasteiger charge is -2.19. The number of carbonyl (C=O) groups is 1. The number of fused-ring (bicyclic) bond motifs is 1. The Balaban J connectivity index is 1.61. The number of aromatic nitrogens is 3. The molecule has 0 bridgehead atoms. The van der Waals surface area contributed by atoms with E-state index in [4.69, 9.17) is 0 Å². The molecule has 0 aliphatic carbocycles. The Morgan fingerprint density at radius 3 is 2.36 bits per heavy atom. The molecule has 2 aliphatic rings. The molecule has 0 saturated carbocycles. The van der Waals surface area contributed by atoms with E-state index in [1.165, 1.54) is 5.56 Å². The zero-order chi connectivity index (χ0) is 19.9. The number of hydrogen-bond acceptors (Lipinski definition) is 4. The highest BCUT2D eigenvalue weighted by atomic mass is 16.2. The van der Waals surface area contributed by atoms with Crippen molar-refractivity contribution in [2.45, 2.75) is 46.0 Å². The van der Waals surface area contributed by atoms with E-state index >= 15 is 0 Å². The van der Waals surface area contributed by atoms with Crippen molar-refractivity contribution in [3.05, 3.63) is 41.2 Å². The second-order valence-electron chi connectivity index (χ2n) is 9.23. The molecule has 28 heavy (non-hydrogen) atoms. The first-order valence-electron chi connectivity index (χ1n) is 10.4. The normalized spacial score (nSPS) is 21.9. The van der Waals surface area contributed by atoms with Crippen molar-refractivity contribution in [2.75, 3.05) is 26.2 Å². The lowest BCUT2D eigenvalue weighted by molar-refractivity contribution is 0.0774. The van der Waals surface area contributed by atoms with E-state index < -0.39 is 0 Å². The van der Waals surface area contributed by atoms with Crippen LogP contribution in [0.15, 0.2) is 24.3 Å². The van der Waals surface area contributed by atoms with Crippen molar-refractivity contribution in [3.8, 4) is 5.69 Å². The minimum atomic E-state index is 0.0374. The fraction of sp³-hybridized carbons (Fsp3) is 0.591. The fourth-order valence-corrected chi connectivity index (χ4v) is 4.41. The van der Waals surface area contributed by atoms with E-state index in [0.29, 0.717) is 17.5 Å². The molecular weight excluding hydrogens is 350 g/mol. The number of nitrogens with zero attached hydrogens (tertiary/aromatic N) is 4. The van der Waals surface area contributed by atoms with Crippen molar-refractivity contribution >= 4 is 5.91 Å². The molecule has 3 heterocycles. The van der Waals surface area contributed by atoms with Gasteiger partial charge < -0.3 is 10.2 Å². The Labute approximate surface area is 167 Å². The van der Waals surface area contributed by atoms with Crippen LogP contribution in [0.3, 0.4) is 0 Å². The third-order valence-corrected chi connectivity index (χ3v) is 6.11. The minimum absolute atomic E-state index is 0.0374. The van der Waals surface area contributed by atoms with Gasteiger partial charge in [-0.3, -0.25) is 4.79 Å². The lowest BCUT2D eigenvalue weighted by Crippen LogP contribution is -2.32. The van der Waals surface area contributed by atoms with Crippen LogP contribution in [0.25, 0.3) is 5.69 Å². The predicted octanol–water partition coefficient (Wildman–Crippen LogP) is 2.81. The summed E-state index contributed by atoms with van der Waals surface area (Å²) in [5.74, 6) is 1.20. The zero-order valence-electron chi connectivity index (χ0n) is 17.4. The van der Waals surface area contributed by atoms with Gasteiger partial charge in [0.05, 0.1) is 11.4 Å². The highest BCUT2D eigenvalue weighted by Crippen LogP contribution is 2.28. The predicted molar refractivity (Wildman–Crippen MR) is 110 cm³/mol. The number of rotatable bonds is 4.